The molecule has 0 atom stereocenters. The Morgan fingerprint density at radius 3 is 3.17 bits per heavy atom. The van der Waals surface area contributed by atoms with E-state index in [1.165, 1.54) is 11.4 Å². The maximum Gasteiger partial charge on any atom is 0.222 e. The standard InChI is InChI=1S/C9H12N2O/c1-7-2-3-8-6-10-9(12)4-5-11(7)8/h2-3H,4-6H2,1H3,(H,10,12). The minimum absolute atomic E-state index is 0.151. The van der Waals surface area contributed by atoms with Crippen LogP contribution < -0.4 is 5.32 Å². The molecule has 3 nitrogen and oxygen atoms in total. The molecule has 2 rings (SSSR count). The van der Waals surface area contributed by atoms with Crippen molar-refractivity contribution in [3.63, 3.8) is 0 Å². The molecule has 0 aliphatic carbocycles. The van der Waals surface area contributed by atoms with E-state index in [9.17, 15) is 4.79 Å². The number of amides is 1. The maximum atomic E-state index is 11.0. The van der Waals surface area contributed by atoms with Gasteiger partial charge in [0.1, 0.15) is 0 Å². The number of rotatable bonds is 0. The van der Waals surface area contributed by atoms with Crippen LogP contribution in [-0.4, -0.2) is 10.5 Å². The van der Waals surface area contributed by atoms with Crippen LogP contribution in [-0.2, 0) is 17.9 Å². The summed E-state index contributed by atoms with van der Waals surface area (Å²) in [5, 5.41) is 2.85. The molecule has 3 heteroatoms. The molecule has 0 fully saturated rings. The van der Waals surface area contributed by atoms with Gasteiger partial charge < -0.3 is 9.88 Å². The second kappa shape index (κ2) is 2.66. The molecule has 0 spiro atoms. The van der Waals surface area contributed by atoms with Crippen LogP contribution in [0, 0.1) is 6.92 Å². The Bertz CT molecular complexity index is 314. The molecule has 1 N–H and O–H groups in total. The van der Waals surface area contributed by atoms with E-state index in [1.54, 1.807) is 0 Å². The average molecular weight is 164 g/mol. The molecule has 0 saturated heterocycles. The molecular weight excluding hydrogens is 152 g/mol. The number of carbonyl (C=O) groups excluding carboxylic acids is 1. The van der Waals surface area contributed by atoms with E-state index >= 15 is 0 Å². The van der Waals surface area contributed by atoms with Crippen LogP contribution in [0.4, 0.5) is 0 Å². The molecular formula is C9H12N2O. The van der Waals surface area contributed by atoms with E-state index < -0.39 is 0 Å². The fraction of sp³-hybridized carbons (Fsp3) is 0.444. The van der Waals surface area contributed by atoms with Gasteiger partial charge >= 0.3 is 0 Å². The molecule has 1 aliphatic rings. The molecule has 2 heterocycles. The van der Waals surface area contributed by atoms with Crippen molar-refractivity contribution >= 4 is 5.91 Å². The summed E-state index contributed by atoms with van der Waals surface area (Å²) in [6.45, 7) is 3.56. The molecule has 1 amide bonds. The van der Waals surface area contributed by atoms with Gasteiger partial charge in [-0.2, -0.15) is 0 Å². The van der Waals surface area contributed by atoms with Crippen molar-refractivity contribution in [1.82, 2.24) is 9.88 Å². The fourth-order valence-electron chi connectivity index (χ4n) is 1.59. The summed E-state index contributed by atoms with van der Waals surface area (Å²) in [4.78, 5) is 11.0. The highest BCUT2D eigenvalue weighted by molar-refractivity contribution is 5.76. The predicted molar refractivity (Wildman–Crippen MR) is 45.6 cm³/mol. The zero-order chi connectivity index (χ0) is 8.55. The normalized spacial score (nSPS) is 16.6. The third kappa shape index (κ3) is 1.11. The van der Waals surface area contributed by atoms with Gasteiger partial charge in [0.2, 0.25) is 5.91 Å². The Morgan fingerprint density at radius 1 is 1.50 bits per heavy atom. The number of nitrogens with one attached hydrogen (secondary N) is 1. The van der Waals surface area contributed by atoms with Gasteiger partial charge in [0.05, 0.1) is 6.54 Å². The van der Waals surface area contributed by atoms with Crippen molar-refractivity contribution in [3.8, 4) is 0 Å². The number of carbonyl (C=O) groups is 1. The minimum Gasteiger partial charge on any atom is -0.350 e. The Labute approximate surface area is 71.4 Å². The van der Waals surface area contributed by atoms with Crippen LogP contribution in [0.1, 0.15) is 17.8 Å². The van der Waals surface area contributed by atoms with E-state index in [2.05, 4.69) is 28.9 Å². The van der Waals surface area contributed by atoms with E-state index in [0.717, 1.165) is 6.54 Å². The molecule has 1 aromatic rings. The smallest absolute Gasteiger partial charge is 0.222 e. The van der Waals surface area contributed by atoms with Crippen LogP contribution in [0.3, 0.4) is 0 Å². The Morgan fingerprint density at radius 2 is 2.33 bits per heavy atom. The number of aromatic nitrogens is 1. The summed E-state index contributed by atoms with van der Waals surface area (Å²) in [6, 6.07) is 4.16. The summed E-state index contributed by atoms with van der Waals surface area (Å²) in [6.07, 6.45) is 0.600. The number of fused-ring (bicyclic) bond motifs is 1. The van der Waals surface area contributed by atoms with Gasteiger partial charge in [-0.05, 0) is 19.1 Å². The monoisotopic (exact) mass is 164 g/mol. The van der Waals surface area contributed by atoms with Crippen LogP contribution in [0.25, 0.3) is 0 Å². The van der Waals surface area contributed by atoms with Gasteiger partial charge in [0, 0.05) is 24.4 Å². The highest BCUT2D eigenvalue weighted by atomic mass is 16.1. The summed E-state index contributed by atoms with van der Waals surface area (Å²) >= 11 is 0. The fourth-order valence-corrected chi connectivity index (χ4v) is 1.59. The van der Waals surface area contributed by atoms with Gasteiger partial charge in [-0.3, -0.25) is 4.79 Å². The zero-order valence-corrected chi connectivity index (χ0v) is 7.13. The lowest BCUT2D eigenvalue weighted by atomic mass is 10.4. The molecule has 0 aromatic carbocycles. The molecule has 1 aliphatic heterocycles. The summed E-state index contributed by atoms with van der Waals surface area (Å²) in [5.41, 5.74) is 2.44. The van der Waals surface area contributed by atoms with E-state index in [4.69, 9.17) is 0 Å². The largest absolute Gasteiger partial charge is 0.350 e. The molecule has 0 saturated carbocycles. The van der Waals surface area contributed by atoms with Crippen LogP contribution in [0.5, 0.6) is 0 Å². The molecule has 0 bridgehead atoms. The number of hydrogen-bond donors (Lipinski definition) is 1. The van der Waals surface area contributed by atoms with Gasteiger partial charge in [-0.25, -0.2) is 0 Å². The molecule has 0 unspecified atom stereocenters. The van der Waals surface area contributed by atoms with E-state index in [0.29, 0.717) is 13.0 Å². The van der Waals surface area contributed by atoms with Crippen molar-refractivity contribution in [3.05, 3.63) is 23.5 Å². The van der Waals surface area contributed by atoms with Crippen LogP contribution in [0.2, 0.25) is 0 Å². The first-order valence-corrected chi connectivity index (χ1v) is 4.19. The highest BCUT2D eigenvalue weighted by Crippen LogP contribution is 2.11. The second-order valence-electron chi connectivity index (χ2n) is 3.14. The van der Waals surface area contributed by atoms with Gasteiger partial charge in [0.25, 0.3) is 0 Å². The third-order valence-corrected chi connectivity index (χ3v) is 2.32. The Kier molecular flexibility index (Phi) is 1.64. The van der Waals surface area contributed by atoms with Gasteiger partial charge in [0.15, 0.2) is 0 Å². The van der Waals surface area contributed by atoms with Gasteiger partial charge in [-0.1, -0.05) is 0 Å². The maximum absolute atomic E-state index is 11.0. The van der Waals surface area contributed by atoms with Crippen LogP contribution >= 0.6 is 0 Å². The first-order valence-electron chi connectivity index (χ1n) is 4.19. The Hall–Kier alpha value is -1.25. The van der Waals surface area contributed by atoms with Crippen molar-refractivity contribution in [2.45, 2.75) is 26.4 Å². The SMILES string of the molecule is Cc1ccc2n1CCC(=O)NC2. The first kappa shape index (κ1) is 7.40. The topological polar surface area (TPSA) is 34.0 Å². The number of hydrogen-bond acceptors (Lipinski definition) is 1. The lowest BCUT2D eigenvalue weighted by Gasteiger charge is -2.04. The zero-order valence-electron chi connectivity index (χ0n) is 7.13. The molecule has 64 valence electrons. The van der Waals surface area contributed by atoms with Crippen molar-refractivity contribution < 1.29 is 4.79 Å². The lowest BCUT2D eigenvalue weighted by Crippen LogP contribution is -2.19. The lowest BCUT2D eigenvalue weighted by molar-refractivity contribution is -0.121. The molecule has 0 radical (unpaired) electrons. The third-order valence-electron chi connectivity index (χ3n) is 2.32. The average Bonchev–Trinajstić information content (AvgIpc) is 2.28. The minimum atomic E-state index is 0.151. The van der Waals surface area contributed by atoms with Crippen LogP contribution in [0.15, 0.2) is 12.1 Å². The number of nitrogens with zero attached hydrogens (tertiary/aromatic N) is 1. The quantitative estimate of drug-likeness (QED) is 0.605. The highest BCUT2D eigenvalue weighted by Gasteiger charge is 2.12. The van der Waals surface area contributed by atoms with E-state index in [1.807, 2.05) is 0 Å². The van der Waals surface area contributed by atoms with Crippen molar-refractivity contribution in [2.24, 2.45) is 0 Å². The van der Waals surface area contributed by atoms with Crippen molar-refractivity contribution in [2.75, 3.05) is 0 Å². The summed E-state index contributed by atoms with van der Waals surface area (Å²) < 4.78 is 2.19. The van der Waals surface area contributed by atoms with Crippen molar-refractivity contribution in [1.29, 1.82) is 0 Å². The second-order valence-corrected chi connectivity index (χ2v) is 3.14. The molecule has 12 heavy (non-hydrogen) atoms. The number of aryl methyl sites for hydroxylation is 1. The van der Waals surface area contributed by atoms with E-state index in [-0.39, 0.29) is 5.91 Å². The molecule has 1 aromatic heterocycles. The Balaban J connectivity index is 2.33. The van der Waals surface area contributed by atoms with Gasteiger partial charge in [-0.15, -0.1) is 0 Å². The summed E-state index contributed by atoms with van der Waals surface area (Å²) in [7, 11) is 0. The summed E-state index contributed by atoms with van der Waals surface area (Å²) in [5.74, 6) is 0.151. The predicted octanol–water partition coefficient (Wildman–Crippen LogP) is 0.816. The first-order chi connectivity index (χ1) is 5.77.